The van der Waals surface area contributed by atoms with Crippen LogP contribution in [0.2, 0.25) is 0 Å². The van der Waals surface area contributed by atoms with Gasteiger partial charge in [0.15, 0.2) is 5.78 Å². The third-order valence-electron chi connectivity index (χ3n) is 8.32. The summed E-state index contributed by atoms with van der Waals surface area (Å²) in [4.78, 5) is 11.9. The first-order valence-electron chi connectivity index (χ1n) is 10.5. The van der Waals surface area contributed by atoms with Gasteiger partial charge in [-0.1, -0.05) is 31.3 Å². The lowest BCUT2D eigenvalue weighted by molar-refractivity contribution is -0.117. The second-order valence-corrected chi connectivity index (χ2v) is 9.49. The van der Waals surface area contributed by atoms with E-state index in [1.54, 1.807) is 0 Å². The molecular weight excluding hydrogens is 324 g/mol. The molecule has 5 unspecified atom stereocenters. The largest absolute Gasteiger partial charge is 0.395 e. The number of carbonyl (C=O) groups excluding carboxylic acids is 1. The summed E-state index contributed by atoms with van der Waals surface area (Å²) in [6.45, 7) is 4.67. The van der Waals surface area contributed by atoms with Crippen molar-refractivity contribution in [1.29, 1.82) is 0 Å². The number of aliphatic hydroxyl groups is 2. The van der Waals surface area contributed by atoms with E-state index in [0.717, 1.165) is 38.5 Å². The Bertz CT molecular complexity index is 683. The Labute approximate surface area is 157 Å². The van der Waals surface area contributed by atoms with Crippen LogP contribution >= 0.6 is 0 Å². The van der Waals surface area contributed by atoms with E-state index < -0.39 is 5.60 Å². The summed E-state index contributed by atoms with van der Waals surface area (Å²) < 4.78 is 0. The average Bonchev–Trinajstić information content (AvgIpc) is 2.86. The topological polar surface area (TPSA) is 57.5 Å². The molecule has 142 valence electrons. The van der Waals surface area contributed by atoms with Gasteiger partial charge in [0.25, 0.3) is 0 Å². The number of allylic oxidation sites excluding steroid dienone is 1. The fourth-order valence-electron chi connectivity index (χ4n) is 7.08. The van der Waals surface area contributed by atoms with E-state index >= 15 is 0 Å². The van der Waals surface area contributed by atoms with E-state index in [9.17, 15) is 9.90 Å². The van der Waals surface area contributed by atoms with Crippen LogP contribution in [-0.2, 0) is 4.79 Å². The SMILES string of the molecule is CC1CC2=CC(=O)CCC2C2CC[C@@]3(C)C(CC[C@@]3(O)C#CCCO)C12. The van der Waals surface area contributed by atoms with Crippen LogP contribution in [0.1, 0.15) is 65.2 Å². The molecule has 3 nitrogen and oxygen atoms in total. The van der Waals surface area contributed by atoms with Crippen molar-refractivity contribution in [3.8, 4) is 11.8 Å². The molecule has 4 aliphatic carbocycles. The molecule has 2 N–H and O–H groups in total. The number of rotatable bonds is 1. The molecule has 0 bridgehead atoms. The van der Waals surface area contributed by atoms with Gasteiger partial charge in [-0.05, 0) is 74.2 Å². The number of ketones is 1. The van der Waals surface area contributed by atoms with Gasteiger partial charge >= 0.3 is 0 Å². The van der Waals surface area contributed by atoms with E-state index in [4.69, 9.17) is 5.11 Å². The number of fused-ring (bicyclic) bond motifs is 5. The highest BCUT2D eigenvalue weighted by Gasteiger charge is 2.63. The van der Waals surface area contributed by atoms with Crippen molar-refractivity contribution >= 4 is 5.78 Å². The first kappa shape index (κ1) is 18.3. The molecule has 0 aromatic rings. The maximum atomic E-state index is 11.9. The van der Waals surface area contributed by atoms with Crippen LogP contribution in [0.25, 0.3) is 0 Å². The molecule has 3 heteroatoms. The van der Waals surface area contributed by atoms with Crippen LogP contribution in [0.5, 0.6) is 0 Å². The van der Waals surface area contributed by atoms with E-state index in [-0.39, 0.29) is 12.0 Å². The first-order chi connectivity index (χ1) is 12.4. The Hall–Kier alpha value is -1.11. The highest BCUT2D eigenvalue weighted by molar-refractivity contribution is 5.91. The molecule has 4 rings (SSSR count). The fraction of sp³-hybridized carbons (Fsp3) is 0.783. The van der Waals surface area contributed by atoms with Crippen LogP contribution in [0, 0.1) is 46.8 Å². The average molecular weight is 357 g/mol. The second kappa shape index (κ2) is 6.50. The zero-order chi connectivity index (χ0) is 18.5. The molecule has 0 aliphatic heterocycles. The Morgan fingerprint density at radius 1 is 1.27 bits per heavy atom. The lowest BCUT2D eigenvalue weighted by Crippen LogP contribution is -2.54. The van der Waals surface area contributed by atoms with Gasteiger partial charge in [0.05, 0.1) is 6.61 Å². The number of carbonyl (C=O) groups is 1. The zero-order valence-corrected chi connectivity index (χ0v) is 16.1. The van der Waals surface area contributed by atoms with Crippen molar-refractivity contribution in [1.82, 2.24) is 0 Å². The smallest absolute Gasteiger partial charge is 0.155 e. The third kappa shape index (κ3) is 2.60. The van der Waals surface area contributed by atoms with Gasteiger partial charge < -0.3 is 10.2 Å². The Morgan fingerprint density at radius 3 is 2.85 bits per heavy atom. The maximum Gasteiger partial charge on any atom is 0.155 e. The van der Waals surface area contributed by atoms with Crippen molar-refractivity contribution in [2.75, 3.05) is 6.61 Å². The molecule has 0 saturated heterocycles. The zero-order valence-electron chi connectivity index (χ0n) is 16.1. The second-order valence-electron chi connectivity index (χ2n) is 9.49. The molecule has 0 spiro atoms. The highest BCUT2D eigenvalue weighted by Crippen LogP contribution is 2.65. The predicted octanol–water partition coefficient (Wildman–Crippen LogP) is 3.49. The summed E-state index contributed by atoms with van der Waals surface area (Å²) in [5.74, 6) is 9.48. The predicted molar refractivity (Wildman–Crippen MR) is 101 cm³/mol. The van der Waals surface area contributed by atoms with Crippen LogP contribution in [0.15, 0.2) is 11.6 Å². The lowest BCUT2D eigenvalue weighted by Gasteiger charge is -2.56. The molecule has 0 radical (unpaired) electrons. The number of aliphatic hydroxyl groups excluding tert-OH is 1. The third-order valence-corrected chi connectivity index (χ3v) is 8.32. The monoisotopic (exact) mass is 356 g/mol. The standard InChI is InChI=1S/C23H32O3/c1-15-13-16-14-17(25)5-6-18(16)19-7-10-22(2)20(21(15)19)8-11-23(22,26)9-3-4-12-24/h14-15,18-21,24,26H,4-8,10-13H2,1-2H3/t15?,18?,19?,20?,21?,22-,23-/m0/s1. The van der Waals surface area contributed by atoms with Crippen molar-refractivity contribution in [2.24, 2.45) is 35.0 Å². The lowest BCUT2D eigenvalue weighted by atomic mass is 9.48. The Morgan fingerprint density at radius 2 is 2.08 bits per heavy atom. The van der Waals surface area contributed by atoms with Crippen molar-refractivity contribution in [3.05, 3.63) is 11.6 Å². The Balaban J connectivity index is 1.64. The van der Waals surface area contributed by atoms with Crippen LogP contribution in [0.4, 0.5) is 0 Å². The first-order valence-corrected chi connectivity index (χ1v) is 10.5. The summed E-state index contributed by atoms with van der Waals surface area (Å²) in [6.07, 6.45) is 9.17. The van der Waals surface area contributed by atoms with Crippen LogP contribution in [-0.4, -0.2) is 28.2 Å². The van der Waals surface area contributed by atoms with Gasteiger partial charge in [-0.25, -0.2) is 0 Å². The van der Waals surface area contributed by atoms with Crippen molar-refractivity contribution < 1.29 is 15.0 Å². The van der Waals surface area contributed by atoms with Crippen LogP contribution in [0.3, 0.4) is 0 Å². The minimum absolute atomic E-state index is 0.0560. The van der Waals surface area contributed by atoms with E-state index in [0.29, 0.717) is 48.2 Å². The van der Waals surface area contributed by atoms with Gasteiger partial charge in [-0.3, -0.25) is 4.79 Å². The van der Waals surface area contributed by atoms with E-state index in [2.05, 4.69) is 25.7 Å². The molecule has 7 atom stereocenters. The number of hydrogen-bond donors (Lipinski definition) is 2. The summed E-state index contributed by atoms with van der Waals surface area (Å²) >= 11 is 0. The minimum atomic E-state index is -0.907. The number of hydrogen-bond acceptors (Lipinski definition) is 3. The van der Waals surface area contributed by atoms with Crippen molar-refractivity contribution in [3.63, 3.8) is 0 Å². The van der Waals surface area contributed by atoms with Crippen LogP contribution < -0.4 is 0 Å². The normalized spacial score (nSPS) is 47.2. The summed E-state index contributed by atoms with van der Waals surface area (Å²) in [5.41, 5.74) is 0.363. The molecule has 0 aromatic carbocycles. The molecule has 26 heavy (non-hydrogen) atoms. The van der Waals surface area contributed by atoms with E-state index in [1.165, 1.54) is 5.57 Å². The summed E-state index contributed by atoms with van der Waals surface area (Å²) in [7, 11) is 0. The minimum Gasteiger partial charge on any atom is -0.395 e. The van der Waals surface area contributed by atoms with Gasteiger partial charge in [-0.15, -0.1) is 0 Å². The van der Waals surface area contributed by atoms with Gasteiger partial charge in [0.1, 0.15) is 5.60 Å². The van der Waals surface area contributed by atoms with Crippen molar-refractivity contribution in [2.45, 2.75) is 70.8 Å². The van der Waals surface area contributed by atoms with E-state index in [1.807, 2.05) is 6.08 Å². The van der Waals surface area contributed by atoms with Gasteiger partial charge in [-0.2, -0.15) is 0 Å². The molecule has 0 aromatic heterocycles. The molecular formula is C23H32O3. The molecule has 0 heterocycles. The molecule has 3 fully saturated rings. The molecule has 3 saturated carbocycles. The summed E-state index contributed by atoms with van der Waals surface area (Å²) in [6, 6.07) is 0. The maximum absolute atomic E-state index is 11.9. The van der Waals surface area contributed by atoms with Gasteiger partial charge in [0, 0.05) is 18.3 Å². The Kier molecular flexibility index (Phi) is 4.56. The quantitative estimate of drug-likeness (QED) is 0.707. The summed E-state index contributed by atoms with van der Waals surface area (Å²) in [5, 5.41) is 20.4. The molecule has 4 aliphatic rings. The molecule has 0 amide bonds. The fourth-order valence-corrected chi connectivity index (χ4v) is 7.08. The highest BCUT2D eigenvalue weighted by atomic mass is 16.3. The van der Waals surface area contributed by atoms with Gasteiger partial charge in [0.2, 0.25) is 0 Å².